The Morgan fingerprint density at radius 2 is 2.17 bits per heavy atom. The van der Waals surface area contributed by atoms with E-state index in [0.717, 1.165) is 22.5 Å². The van der Waals surface area contributed by atoms with Crippen molar-refractivity contribution < 1.29 is 4.79 Å². The van der Waals surface area contributed by atoms with E-state index in [-0.39, 0.29) is 0 Å². The Kier molecular flexibility index (Phi) is 3.95. The van der Waals surface area contributed by atoms with Gasteiger partial charge in [-0.05, 0) is 18.1 Å². The maximum atomic E-state index is 10.5. The van der Waals surface area contributed by atoms with Crippen molar-refractivity contribution in [3.05, 3.63) is 33.8 Å². The lowest BCUT2D eigenvalue weighted by Gasteiger charge is -2.00. The molecule has 0 saturated carbocycles. The average molecular weight is 292 g/mol. The first kappa shape index (κ1) is 9.93. The van der Waals surface area contributed by atoms with Gasteiger partial charge in [0.2, 0.25) is 0 Å². The number of alkyl halides is 1. The molecule has 0 radical (unpaired) electrons. The van der Waals surface area contributed by atoms with E-state index in [4.69, 9.17) is 0 Å². The molecule has 12 heavy (non-hydrogen) atoms. The maximum Gasteiger partial charge on any atom is 0.151 e. The number of rotatable bonds is 3. The van der Waals surface area contributed by atoms with Crippen LogP contribution in [-0.2, 0) is 6.42 Å². The van der Waals surface area contributed by atoms with Gasteiger partial charge < -0.3 is 0 Å². The number of halogens is 2. The van der Waals surface area contributed by atoms with Gasteiger partial charge in [0, 0.05) is 15.4 Å². The van der Waals surface area contributed by atoms with Gasteiger partial charge in [0.05, 0.1) is 0 Å². The predicted octanol–water partition coefficient (Wildman–Crippen LogP) is 3.20. The molecular formula is C9H8Br2O. The molecule has 0 aromatic heterocycles. The Bertz CT molecular complexity index is 284. The third-order valence-electron chi connectivity index (χ3n) is 1.57. The minimum Gasteiger partial charge on any atom is -0.298 e. The number of hydrogen-bond acceptors (Lipinski definition) is 1. The van der Waals surface area contributed by atoms with Crippen LogP contribution in [-0.4, -0.2) is 11.6 Å². The van der Waals surface area contributed by atoms with E-state index in [9.17, 15) is 4.79 Å². The molecule has 1 aromatic carbocycles. The Morgan fingerprint density at radius 3 is 2.67 bits per heavy atom. The summed E-state index contributed by atoms with van der Waals surface area (Å²) < 4.78 is 0.871. The number of aryl methyl sites for hydroxylation is 1. The molecule has 0 fully saturated rings. The normalized spacial score (nSPS) is 9.83. The molecule has 1 aromatic rings. The maximum absolute atomic E-state index is 10.5. The SMILES string of the molecule is O=Cc1ccc(CCBr)cc1Br. The van der Waals surface area contributed by atoms with E-state index in [1.165, 1.54) is 5.56 Å². The number of carbonyl (C=O) groups is 1. The minimum absolute atomic E-state index is 0.702. The summed E-state index contributed by atoms with van der Waals surface area (Å²) >= 11 is 6.69. The Labute approximate surface area is 88.4 Å². The highest BCUT2D eigenvalue weighted by atomic mass is 79.9. The second-order valence-corrected chi connectivity index (χ2v) is 4.06. The Balaban J connectivity index is 2.93. The van der Waals surface area contributed by atoms with Crippen LogP contribution in [0.15, 0.2) is 22.7 Å². The average Bonchev–Trinajstić information content (AvgIpc) is 2.05. The van der Waals surface area contributed by atoms with E-state index in [1.807, 2.05) is 18.2 Å². The molecule has 0 aliphatic carbocycles. The molecule has 0 spiro atoms. The van der Waals surface area contributed by atoms with Crippen LogP contribution < -0.4 is 0 Å². The third-order valence-corrected chi connectivity index (χ3v) is 2.66. The zero-order chi connectivity index (χ0) is 8.97. The van der Waals surface area contributed by atoms with Gasteiger partial charge in [-0.1, -0.05) is 44.0 Å². The highest BCUT2D eigenvalue weighted by Crippen LogP contribution is 2.17. The molecule has 0 aliphatic rings. The molecule has 3 heteroatoms. The van der Waals surface area contributed by atoms with Gasteiger partial charge in [0.25, 0.3) is 0 Å². The van der Waals surface area contributed by atoms with Gasteiger partial charge in [0.15, 0.2) is 6.29 Å². The predicted molar refractivity (Wildman–Crippen MR) is 57.0 cm³/mol. The summed E-state index contributed by atoms with van der Waals surface area (Å²) in [5, 5.41) is 0.944. The third kappa shape index (κ3) is 2.42. The molecule has 0 heterocycles. The van der Waals surface area contributed by atoms with Crippen LogP contribution in [0.25, 0.3) is 0 Å². The van der Waals surface area contributed by atoms with Crippen molar-refractivity contribution in [2.24, 2.45) is 0 Å². The molecule has 0 unspecified atom stereocenters. The molecule has 0 N–H and O–H groups in total. The number of benzene rings is 1. The van der Waals surface area contributed by atoms with Gasteiger partial charge in [-0.25, -0.2) is 0 Å². The first-order valence-electron chi connectivity index (χ1n) is 3.57. The van der Waals surface area contributed by atoms with Crippen LogP contribution in [0.5, 0.6) is 0 Å². The molecule has 0 aliphatic heterocycles. The smallest absolute Gasteiger partial charge is 0.151 e. The van der Waals surface area contributed by atoms with Crippen molar-refractivity contribution in [2.45, 2.75) is 6.42 Å². The molecule has 0 bridgehead atoms. The standard InChI is InChI=1S/C9H8Br2O/c10-4-3-7-1-2-8(6-12)9(11)5-7/h1-2,5-6H,3-4H2. The van der Waals surface area contributed by atoms with Crippen LogP contribution in [0.4, 0.5) is 0 Å². The lowest BCUT2D eigenvalue weighted by Crippen LogP contribution is -1.88. The van der Waals surface area contributed by atoms with Crippen molar-refractivity contribution in [3.8, 4) is 0 Å². The van der Waals surface area contributed by atoms with Gasteiger partial charge in [0.1, 0.15) is 0 Å². The minimum atomic E-state index is 0.702. The van der Waals surface area contributed by atoms with E-state index < -0.39 is 0 Å². The second kappa shape index (κ2) is 4.77. The van der Waals surface area contributed by atoms with Crippen LogP contribution in [0.3, 0.4) is 0 Å². The van der Waals surface area contributed by atoms with Crippen LogP contribution in [0.1, 0.15) is 15.9 Å². The quantitative estimate of drug-likeness (QED) is 0.617. The highest BCUT2D eigenvalue weighted by Gasteiger charge is 1.99. The molecule has 0 amide bonds. The van der Waals surface area contributed by atoms with Crippen LogP contribution >= 0.6 is 31.9 Å². The van der Waals surface area contributed by atoms with Crippen molar-refractivity contribution in [2.75, 3.05) is 5.33 Å². The van der Waals surface area contributed by atoms with Gasteiger partial charge in [-0.2, -0.15) is 0 Å². The van der Waals surface area contributed by atoms with E-state index >= 15 is 0 Å². The summed E-state index contributed by atoms with van der Waals surface area (Å²) in [6.45, 7) is 0. The molecular weight excluding hydrogens is 284 g/mol. The largest absolute Gasteiger partial charge is 0.298 e. The summed E-state index contributed by atoms with van der Waals surface area (Å²) in [5.74, 6) is 0. The summed E-state index contributed by atoms with van der Waals surface area (Å²) in [7, 11) is 0. The van der Waals surface area contributed by atoms with Crippen LogP contribution in [0.2, 0.25) is 0 Å². The molecule has 1 rings (SSSR count). The zero-order valence-corrected chi connectivity index (χ0v) is 9.56. The summed E-state index contributed by atoms with van der Waals surface area (Å²) in [6, 6.07) is 5.77. The molecule has 0 saturated heterocycles. The first-order chi connectivity index (χ1) is 5.77. The van der Waals surface area contributed by atoms with E-state index in [2.05, 4.69) is 31.9 Å². The zero-order valence-electron chi connectivity index (χ0n) is 6.39. The second-order valence-electron chi connectivity index (χ2n) is 2.41. The number of hydrogen-bond donors (Lipinski definition) is 0. The van der Waals surface area contributed by atoms with Crippen molar-refractivity contribution >= 4 is 38.1 Å². The number of aldehydes is 1. The van der Waals surface area contributed by atoms with E-state index in [1.54, 1.807) is 0 Å². The molecule has 0 atom stereocenters. The lowest BCUT2D eigenvalue weighted by molar-refractivity contribution is 0.112. The monoisotopic (exact) mass is 290 g/mol. The molecule has 1 nitrogen and oxygen atoms in total. The fourth-order valence-corrected chi connectivity index (χ4v) is 1.91. The van der Waals surface area contributed by atoms with Crippen molar-refractivity contribution in [1.29, 1.82) is 0 Å². The van der Waals surface area contributed by atoms with E-state index in [0.29, 0.717) is 5.56 Å². The lowest BCUT2D eigenvalue weighted by atomic mass is 10.1. The van der Waals surface area contributed by atoms with Gasteiger partial charge >= 0.3 is 0 Å². The summed E-state index contributed by atoms with van der Waals surface area (Å²) in [5.41, 5.74) is 1.93. The number of carbonyl (C=O) groups excluding carboxylic acids is 1. The van der Waals surface area contributed by atoms with Crippen LogP contribution in [0, 0.1) is 0 Å². The first-order valence-corrected chi connectivity index (χ1v) is 5.49. The molecule has 64 valence electrons. The van der Waals surface area contributed by atoms with Gasteiger partial charge in [-0.3, -0.25) is 4.79 Å². The Hall–Kier alpha value is -0.150. The van der Waals surface area contributed by atoms with Gasteiger partial charge in [-0.15, -0.1) is 0 Å². The topological polar surface area (TPSA) is 17.1 Å². The fourth-order valence-electron chi connectivity index (χ4n) is 0.931. The summed E-state index contributed by atoms with van der Waals surface area (Å²) in [6.07, 6.45) is 1.83. The Morgan fingerprint density at radius 1 is 1.42 bits per heavy atom. The van der Waals surface area contributed by atoms with Crippen molar-refractivity contribution in [1.82, 2.24) is 0 Å². The highest BCUT2D eigenvalue weighted by molar-refractivity contribution is 9.10. The fraction of sp³-hybridized carbons (Fsp3) is 0.222. The van der Waals surface area contributed by atoms with Crippen molar-refractivity contribution in [3.63, 3.8) is 0 Å². The summed E-state index contributed by atoms with van der Waals surface area (Å²) in [4.78, 5) is 10.5.